The van der Waals surface area contributed by atoms with Crippen LogP contribution in [0.3, 0.4) is 0 Å². The Hall–Kier alpha value is -4.14. The van der Waals surface area contributed by atoms with Crippen LogP contribution in [0.2, 0.25) is 5.02 Å². The number of carbonyl (C=O) groups excluding carboxylic acids is 1. The molecule has 1 saturated heterocycles. The summed E-state index contributed by atoms with van der Waals surface area (Å²) >= 11 is 7.01. The largest absolute Gasteiger partial charge is 0.493 e. The van der Waals surface area contributed by atoms with Crippen LogP contribution in [0.5, 0.6) is 0 Å². The zero-order valence-electron chi connectivity index (χ0n) is 24.7. The summed E-state index contributed by atoms with van der Waals surface area (Å²) in [4.78, 5) is 16.9. The first kappa shape index (κ1) is 29.6. The van der Waals surface area contributed by atoms with Crippen LogP contribution in [-0.4, -0.2) is 68.5 Å². The van der Waals surface area contributed by atoms with Crippen LogP contribution in [0.25, 0.3) is 44.2 Å². The third kappa shape index (κ3) is 4.82. The molecule has 1 aliphatic carbocycles. The van der Waals surface area contributed by atoms with Crippen molar-refractivity contribution in [3.63, 3.8) is 0 Å². The minimum absolute atomic E-state index is 0.0677. The Morgan fingerprint density at radius 1 is 1.16 bits per heavy atom. The standard InChI is InChI=1S/C30H30ClF3N8O3/c1-15-8-21-23(27(35)39-42(21)45-28(43)30(32,33)34)24(25(15)31)22-16(2)41(19-10-29(11-19)13-36-14-29)38-26(22)17-4-5-20-18(9-17)12-40(37-20)6-7-44-3/h4-5,8-9,12,19,36H,6-7,10-11,13-14H2,1-3H3,(H2,35,39). The normalized spacial score (nSPS) is 16.4. The first-order valence-electron chi connectivity index (χ1n) is 14.4. The maximum absolute atomic E-state index is 13.1. The molecule has 5 aromatic rings. The van der Waals surface area contributed by atoms with Crippen LogP contribution >= 0.6 is 11.6 Å². The molecule has 1 saturated carbocycles. The van der Waals surface area contributed by atoms with Crippen molar-refractivity contribution in [3.05, 3.63) is 46.7 Å². The van der Waals surface area contributed by atoms with Gasteiger partial charge in [0.25, 0.3) is 0 Å². The molecule has 236 valence electrons. The number of aryl methyl sites for hydroxylation is 1. The number of nitrogens with zero attached hydrogens (tertiary/aromatic N) is 6. The molecular formula is C30H30ClF3N8O3. The Kier molecular flexibility index (Phi) is 6.87. The van der Waals surface area contributed by atoms with Crippen LogP contribution in [-0.2, 0) is 16.1 Å². The van der Waals surface area contributed by atoms with E-state index in [9.17, 15) is 18.0 Å². The molecule has 0 atom stereocenters. The molecule has 0 bridgehead atoms. The second-order valence-corrected chi connectivity index (χ2v) is 12.4. The number of nitrogen functional groups attached to an aromatic ring is 1. The Balaban J connectivity index is 1.42. The lowest BCUT2D eigenvalue weighted by Gasteiger charge is -2.54. The fourth-order valence-electron chi connectivity index (χ4n) is 6.60. The number of ether oxygens (including phenoxy) is 1. The van der Waals surface area contributed by atoms with E-state index in [4.69, 9.17) is 27.2 Å². The molecular weight excluding hydrogens is 613 g/mol. The van der Waals surface area contributed by atoms with E-state index in [0.29, 0.717) is 45.4 Å². The van der Waals surface area contributed by atoms with E-state index in [1.165, 1.54) is 6.07 Å². The molecule has 0 radical (unpaired) electrons. The summed E-state index contributed by atoms with van der Waals surface area (Å²) in [5.41, 5.74) is 11.4. The van der Waals surface area contributed by atoms with Crippen LogP contribution in [0.15, 0.2) is 30.5 Å². The summed E-state index contributed by atoms with van der Waals surface area (Å²) in [6.07, 6.45) is -1.35. The summed E-state index contributed by atoms with van der Waals surface area (Å²) in [5.74, 6) is -2.57. The Labute approximate surface area is 259 Å². The summed E-state index contributed by atoms with van der Waals surface area (Å²) in [6.45, 7) is 6.72. The monoisotopic (exact) mass is 642 g/mol. The van der Waals surface area contributed by atoms with Crippen LogP contribution in [0.4, 0.5) is 19.0 Å². The van der Waals surface area contributed by atoms with Gasteiger partial charge in [-0.05, 0) is 55.9 Å². The fraction of sp³-hybridized carbons (Fsp3) is 0.400. The SMILES string of the molecule is COCCn1cc2cc(-c3nn(C4CC5(CNC5)C4)c(C)c3-c3c(Cl)c(C)cc4c3c(N)nn4OC(=O)C(F)(F)F)ccc2n1. The molecule has 2 aliphatic rings. The number of methoxy groups -OCH3 is 1. The second-order valence-electron chi connectivity index (χ2n) is 12.0. The van der Waals surface area contributed by atoms with E-state index in [-0.39, 0.29) is 28.2 Å². The number of nitrogens with two attached hydrogens (primary N) is 1. The molecule has 0 unspecified atom stereocenters. The molecule has 45 heavy (non-hydrogen) atoms. The van der Waals surface area contributed by atoms with Crippen LogP contribution in [0.1, 0.15) is 30.1 Å². The van der Waals surface area contributed by atoms with E-state index in [0.717, 1.165) is 48.1 Å². The van der Waals surface area contributed by atoms with Crippen molar-refractivity contribution in [1.82, 2.24) is 34.8 Å². The first-order valence-corrected chi connectivity index (χ1v) is 14.8. The average molecular weight is 643 g/mol. The van der Waals surface area contributed by atoms with Gasteiger partial charge in [0, 0.05) is 54.2 Å². The van der Waals surface area contributed by atoms with Gasteiger partial charge in [-0.2, -0.15) is 23.4 Å². The van der Waals surface area contributed by atoms with Crippen molar-refractivity contribution < 1.29 is 27.5 Å². The summed E-state index contributed by atoms with van der Waals surface area (Å²) < 4.78 is 48.3. The van der Waals surface area contributed by atoms with Crippen molar-refractivity contribution in [2.75, 3.05) is 32.5 Å². The molecule has 15 heteroatoms. The lowest BCUT2D eigenvalue weighted by molar-refractivity contribution is -0.200. The number of benzene rings is 2. The predicted octanol–water partition coefficient (Wildman–Crippen LogP) is 4.86. The number of anilines is 1. The van der Waals surface area contributed by atoms with Crippen molar-refractivity contribution in [1.29, 1.82) is 0 Å². The topological polar surface area (TPSA) is 127 Å². The minimum atomic E-state index is -5.23. The highest BCUT2D eigenvalue weighted by molar-refractivity contribution is 6.36. The highest BCUT2D eigenvalue weighted by atomic mass is 35.5. The third-order valence-corrected chi connectivity index (χ3v) is 9.41. The number of hydrogen-bond donors (Lipinski definition) is 2. The Morgan fingerprint density at radius 2 is 1.91 bits per heavy atom. The van der Waals surface area contributed by atoms with Crippen molar-refractivity contribution in [3.8, 4) is 22.4 Å². The molecule has 11 nitrogen and oxygen atoms in total. The third-order valence-electron chi connectivity index (χ3n) is 8.92. The van der Waals surface area contributed by atoms with Gasteiger partial charge in [-0.3, -0.25) is 9.36 Å². The van der Waals surface area contributed by atoms with E-state index < -0.39 is 12.1 Å². The lowest BCUT2D eigenvalue weighted by atomic mass is 9.61. The summed E-state index contributed by atoms with van der Waals surface area (Å²) in [5, 5.41) is 18.6. The van der Waals surface area contributed by atoms with E-state index in [1.807, 2.05) is 40.7 Å². The predicted molar refractivity (Wildman–Crippen MR) is 162 cm³/mol. The molecule has 4 heterocycles. The van der Waals surface area contributed by atoms with Gasteiger partial charge >= 0.3 is 12.1 Å². The van der Waals surface area contributed by atoms with Crippen molar-refractivity contribution in [2.24, 2.45) is 5.41 Å². The van der Waals surface area contributed by atoms with Crippen LogP contribution < -0.4 is 15.9 Å². The molecule has 3 aromatic heterocycles. The smallest absolute Gasteiger partial charge is 0.383 e. The number of fused-ring (bicyclic) bond motifs is 2. The number of rotatable bonds is 7. The summed E-state index contributed by atoms with van der Waals surface area (Å²) in [6, 6.07) is 7.50. The maximum Gasteiger partial charge on any atom is 0.493 e. The highest BCUT2D eigenvalue weighted by Crippen LogP contribution is 2.53. The molecule has 3 N–H and O–H groups in total. The number of halogens is 4. The van der Waals surface area contributed by atoms with Gasteiger partial charge in [-0.25, -0.2) is 4.79 Å². The molecule has 2 aromatic carbocycles. The van der Waals surface area contributed by atoms with E-state index in [1.54, 1.807) is 14.0 Å². The maximum atomic E-state index is 13.1. The zero-order valence-corrected chi connectivity index (χ0v) is 25.5. The number of aromatic nitrogens is 6. The van der Waals surface area contributed by atoms with Gasteiger partial charge in [-0.15, -0.1) is 5.10 Å². The molecule has 7 rings (SSSR count). The van der Waals surface area contributed by atoms with Crippen molar-refractivity contribution in [2.45, 2.75) is 45.5 Å². The number of alkyl halides is 3. The Morgan fingerprint density at radius 3 is 2.58 bits per heavy atom. The average Bonchev–Trinajstić information content (AvgIpc) is 3.59. The zero-order chi connectivity index (χ0) is 31.8. The van der Waals surface area contributed by atoms with Crippen LogP contribution in [0, 0.1) is 19.3 Å². The highest BCUT2D eigenvalue weighted by Gasteiger charge is 2.50. The fourth-order valence-corrected chi connectivity index (χ4v) is 6.84. The van der Waals surface area contributed by atoms with Gasteiger partial charge in [-0.1, -0.05) is 22.5 Å². The Bertz CT molecular complexity index is 1980. The molecule has 0 amide bonds. The van der Waals surface area contributed by atoms with E-state index >= 15 is 0 Å². The number of carbonyl (C=O) groups is 1. The van der Waals surface area contributed by atoms with Gasteiger partial charge < -0.3 is 20.6 Å². The minimum Gasteiger partial charge on any atom is -0.383 e. The van der Waals surface area contributed by atoms with Crippen molar-refractivity contribution >= 4 is 45.2 Å². The second kappa shape index (κ2) is 10.5. The van der Waals surface area contributed by atoms with Gasteiger partial charge in [0.1, 0.15) is 11.2 Å². The summed E-state index contributed by atoms with van der Waals surface area (Å²) in [7, 11) is 1.64. The van der Waals surface area contributed by atoms with Gasteiger partial charge in [0.05, 0.1) is 35.1 Å². The van der Waals surface area contributed by atoms with Gasteiger partial charge in [0.2, 0.25) is 0 Å². The lowest BCUT2D eigenvalue weighted by Crippen LogP contribution is -2.60. The first-order chi connectivity index (χ1) is 21.4. The van der Waals surface area contributed by atoms with E-state index in [2.05, 4.69) is 20.4 Å². The van der Waals surface area contributed by atoms with Gasteiger partial charge in [0.15, 0.2) is 5.82 Å². The molecule has 2 fully saturated rings. The number of nitrogens with one attached hydrogen (secondary N) is 1. The quantitative estimate of drug-likeness (QED) is 0.258. The number of hydrogen-bond acceptors (Lipinski definition) is 8. The molecule has 1 aliphatic heterocycles. The molecule has 1 spiro atoms.